The minimum absolute atomic E-state index is 0.251. The first kappa shape index (κ1) is 28.1. The van der Waals surface area contributed by atoms with Crippen LogP contribution in [-0.4, -0.2) is 36.2 Å². The minimum atomic E-state index is -0.690. The van der Waals surface area contributed by atoms with Crippen molar-refractivity contribution in [1.82, 2.24) is 10.9 Å². The minimum Gasteiger partial charge on any atom is -0.422 e. The molecule has 4 aromatic carbocycles. The Balaban J connectivity index is 1.27. The van der Waals surface area contributed by atoms with Crippen LogP contribution in [0.5, 0.6) is 11.5 Å². The van der Waals surface area contributed by atoms with Crippen molar-refractivity contribution in [1.29, 1.82) is 0 Å². The highest BCUT2D eigenvalue weighted by molar-refractivity contribution is 5.98. The summed E-state index contributed by atoms with van der Waals surface area (Å²) in [6.07, 6.45) is 2.05. The highest BCUT2D eigenvalue weighted by Crippen LogP contribution is 2.19. The summed E-state index contributed by atoms with van der Waals surface area (Å²) in [6.45, 7) is 0. The molecule has 0 heterocycles. The van der Waals surface area contributed by atoms with Crippen LogP contribution in [0.4, 0.5) is 0 Å². The Labute approximate surface area is 235 Å². The van der Waals surface area contributed by atoms with E-state index in [9.17, 15) is 19.2 Å². The molecule has 0 bridgehead atoms. The zero-order valence-corrected chi connectivity index (χ0v) is 21.6. The quantitative estimate of drug-likeness (QED) is 0.101. The van der Waals surface area contributed by atoms with Gasteiger partial charge in [0.15, 0.2) is 0 Å². The Bertz CT molecular complexity index is 1470. The van der Waals surface area contributed by atoms with E-state index >= 15 is 0 Å². The highest BCUT2D eigenvalue weighted by atomic mass is 16.5. The number of hydrazone groups is 2. The van der Waals surface area contributed by atoms with Crippen LogP contribution in [0.25, 0.3) is 0 Å². The maximum Gasteiger partial charge on any atom is 0.343 e. The first-order valence-electron chi connectivity index (χ1n) is 12.4. The van der Waals surface area contributed by atoms with Gasteiger partial charge in [-0.1, -0.05) is 60.7 Å². The van der Waals surface area contributed by atoms with Crippen LogP contribution in [-0.2, 0) is 9.59 Å². The second-order valence-electron chi connectivity index (χ2n) is 8.35. The number of nitrogens with one attached hydrogen (secondary N) is 2. The number of para-hydroxylation sites is 2. The molecule has 0 aliphatic carbocycles. The van der Waals surface area contributed by atoms with Gasteiger partial charge in [0.1, 0.15) is 17.9 Å². The van der Waals surface area contributed by atoms with E-state index in [1.165, 1.54) is 12.4 Å². The van der Waals surface area contributed by atoms with Crippen molar-refractivity contribution in [3.05, 3.63) is 131 Å². The van der Waals surface area contributed by atoms with Crippen LogP contribution >= 0.6 is 0 Å². The molecule has 4 aromatic rings. The molecule has 10 heteroatoms. The molecule has 204 valence electrons. The molecule has 0 atom stereocenters. The Morgan fingerprint density at radius 3 is 1.32 bits per heavy atom. The first-order chi connectivity index (χ1) is 20.0. The summed E-state index contributed by atoms with van der Waals surface area (Å²) in [5, 5.41) is 7.69. The van der Waals surface area contributed by atoms with Crippen LogP contribution in [0, 0.1) is 0 Å². The Kier molecular flexibility index (Phi) is 9.81. The Hall–Kier alpha value is -5.90. The molecule has 10 nitrogen and oxygen atoms in total. The van der Waals surface area contributed by atoms with Gasteiger partial charge in [-0.3, -0.25) is 9.59 Å². The monoisotopic (exact) mass is 548 g/mol. The van der Waals surface area contributed by atoms with Gasteiger partial charge in [-0.05, 0) is 48.5 Å². The van der Waals surface area contributed by atoms with E-state index in [0.29, 0.717) is 22.3 Å². The number of rotatable bonds is 10. The number of benzene rings is 4. The van der Waals surface area contributed by atoms with Crippen molar-refractivity contribution in [3.63, 3.8) is 0 Å². The van der Waals surface area contributed by atoms with Gasteiger partial charge >= 0.3 is 11.9 Å². The van der Waals surface area contributed by atoms with Crippen LogP contribution in [0.3, 0.4) is 0 Å². The van der Waals surface area contributed by atoms with Crippen LogP contribution in [0.2, 0.25) is 0 Å². The summed E-state index contributed by atoms with van der Waals surface area (Å²) in [7, 11) is 0. The maximum absolute atomic E-state index is 12.4. The van der Waals surface area contributed by atoms with Gasteiger partial charge in [0.05, 0.1) is 23.6 Å². The van der Waals surface area contributed by atoms with E-state index < -0.39 is 30.2 Å². The lowest BCUT2D eigenvalue weighted by molar-refractivity contribution is -0.129. The third kappa shape index (κ3) is 8.55. The molecule has 2 N–H and O–H groups in total. The van der Waals surface area contributed by atoms with Crippen molar-refractivity contribution < 1.29 is 28.7 Å². The summed E-state index contributed by atoms with van der Waals surface area (Å²) < 4.78 is 10.9. The number of esters is 2. The summed E-state index contributed by atoms with van der Waals surface area (Å²) in [5.74, 6) is -1.95. The van der Waals surface area contributed by atoms with E-state index in [-0.39, 0.29) is 11.5 Å². The number of carbonyl (C=O) groups is 4. The summed E-state index contributed by atoms with van der Waals surface area (Å²) in [6, 6.07) is 30.3. The lowest BCUT2D eigenvalue weighted by Crippen LogP contribution is -2.27. The van der Waals surface area contributed by atoms with E-state index in [1.54, 1.807) is 109 Å². The van der Waals surface area contributed by atoms with E-state index in [0.717, 1.165) is 0 Å². The lowest BCUT2D eigenvalue weighted by atomic mass is 10.2. The number of amides is 2. The Morgan fingerprint density at radius 2 is 0.902 bits per heavy atom. The molecule has 0 saturated heterocycles. The topological polar surface area (TPSA) is 136 Å². The molecule has 0 spiro atoms. The van der Waals surface area contributed by atoms with E-state index in [4.69, 9.17) is 9.47 Å². The second kappa shape index (κ2) is 14.3. The fourth-order valence-corrected chi connectivity index (χ4v) is 3.40. The van der Waals surface area contributed by atoms with Gasteiger partial charge < -0.3 is 9.47 Å². The number of hydrogen-bond acceptors (Lipinski definition) is 8. The zero-order chi connectivity index (χ0) is 28.9. The molecule has 0 saturated carbocycles. The second-order valence-corrected chi connectivity index (χ2v) is 8.35. The number of nitrogens with zero attached hydrogens (tertiary/aromatic N) is 2. The average molecular weight is 549 g/mol. The standard InChI is InChI=1S/C31H24N4O6/c36-28(34-32-20-24-15-7-9-17-26(24)40-30(38)22-11-3-1-4-12-22)19-29(37)35-33-21-25-16-8-10-18-27(25)41-31(39)23-13-5-2-6-14-23/h1-18,20-21H,19H2,(H,34,36)(H,35,37)/b32-20+,33-21+. The third-order valence-corrected chi connectivity index (χ3v) is 5.37. The van der Waals surface area contributed by atoms with Gasteiger partial charge in [-0.25, -0.2) is 20.4 Å². The average Bonchev–Trinajstić information content (AvgIpc) is 2.99. The molecule has 0 fully saturated rings. The van der Waals surface area contributed by atoms with Crippen LogP contribution in [0.1, 0.15) is 38.3 Å². The SMILES string of the molecule is O=C(CC(=O)N/N=C/c1ccccc1OC(=O)c1ccccc1)N/N=C/c1ccccc1OC(=O)c1ccccc1. The molecular formula is C31H24N4O6. The van der Waals surface area contributed by atoms with E-state index in [1.807, 2.05) is 0 Å². The molecule has 0 aromatic heterocycles. The molecule has 41 heavy (non-hydrogen) atoms. The molecular weight excluding hydrogens is 524 g/mol. The number of ether oxygens (including phenoxy) is 2. The van der Waals surface area contributed by atoms with Crippen molar-refractivity contribution in [2.24, 2.45) is 10.2 Å². The lowest BCUT2D eigenvalue weighted by Gasteiger charge is -2.07. The van der Waals surface area contributed by atoms with Crippen molar-refractivity contribution in [2.45, 2.75) is 6.42 Å². The summed E-state index contributed by atoms with van der Waals surface area (Å²) >= 11 is 0. The maximum atomic E-state index is 12.4. The van der Waals surface area contributed by atoms with Gasteiger partial charge in [0.25, 0.3) is 0 Å². The van der Waals surface area contributed by atoms with Gasteiger partial charge in [-0.15, -0.1) is 0 Å². The largest absolute Gasteiger partial charge is 0.422 e. The Morgan fingerprint density at radius 1 is 0.537 bits per heavy atom. The van der Waals surface area contributed by atoms with Gasteiger partial charge in [0.2, 0.25) is 11.8 Å². The first-order valence-corrected chi connectivity index (χ1v) is 12.4. The van der Waals surface area contributed by atoms with Crippen molar-refractivity contribution >= 4 is 36.2 Å². The molecule has 4 rings (SSSR count). The smallest absolute Gasteiger partial charge is 0.343 e. The number of hydrogen-bond donors (Lipinski definition) is 2. The van der Waals surface area contributed by atoms with E-state index in [2.05, 4.69) is 21.1 Å². The molecule has 0 aliphatic rings. The third-order valence-electron chi connectivity index (χ3n) is 5.37. The van der Waals surface area contributed by atoms with Crippen LogP contribution in [0.15, 0.2) is 119 Å². The molecule has 2 amide bonds. The highest BCUT2D eigenvalue weighted by Gasteiger charge is 2.12. The fourth-order valence-electron chi connectivity index (χ4n) is 3.40. The fraction of sp³-hybridized carbons (Fsp3) is 0.0323. The predicted octanol–water partition coefficient (Wildman–Crippen LogP) is 4.12. The van der Waals surface area contributed by atoms with Crippen molar-refractivity contribution in [3.8, 4) is 11.5 Å². The van der Waals surface area contributed by atoms with Gasteiger partial charge in [-0.2, -0.15) is 10.2 Å². The molecule has 0 unspecified atom stereocenters. The molecule has 0 aliphatic heterocycles. The van der Waals surface area contributed by atoms with Crippen molar-refractivity contribution in [2.75, 3.05) is 0 Å². The van der Waals surface area contributed by atoms with Gasteiger partial charge in [0, 0.05) is 11.1 Å². The zero-order valence-electron chi connectivity index (χ0n) is 21.6. The molecule has 0 radical (unpaired) electrons. The predicted molar refractivity (Wildman–Crippen MR) is 152 cm³/mol. The summed E-state index contributed by atoms with van der Waals surface area (Å²) in [5.41, 5.74) is 6.16. The van der Waals surface area contributed by atoms with Crippen LogP contribution < -0.4 is 20.3 Å². The summed E-state index contributed by atoms with van der Waals surface area (Å²) in [4.78, 5) is 49.0. The number of carbonyl (C=O) groups excluding carboxylic acids is 4. The normalized spacial score (nSPS) is 10.7.